The van der Waals surface area contributed by atoms with Gasteiger partial charge in [0.25, 0.3) is 0 Å². The summed E-state index contributed by atoms with van der Waals surface area (Å²) in [6.07, 6.45) is 2.01. The number of piperazine rings is 1. The van der Waals surface area contributed by atoms with Crippen LogP contribution < -0.4 is 0 Å². The van der Waals surface area contributed by atoms with Crippen LogP contribution in [0.25, 0.3) is 11.1 Å². The van der Waals surface area contributed by atoms with Crippen molar-refractivity contribution in [3.63, 3.8) is 0 Å². The molecule has 3 rings (SSSR count). The van der Waals surface area contributed by atoms with Crippen LogP contribution in [0.15, 0.2) is 28.7 Å². The van der Waals surface area contributed by atoms with Crippen LogP contribution in [0.5, 0.6) is 0 Å². The van der Waals surface area contributed by atoms with Crippen molar-refractivity contribution >= 4 is 11.1 Å². The number of hydrogen-bond acceptors (Lipinski definition) is 5. The van der Waals surface area contributed by atoms with Crippen LogP contribution in [-0.2, 0) is 11.2 Å². The first-order valence-electron chi connectivity index (χ1n) is 9.15. The molecular formula is C19H29N3O2. The number of hydrogen-bond donors (Lipinski definition) is 0. The number of oxazole rings is 1. The Morgan fingerprint density at radius 3 is 2.92 bits per heavy atom. The first-order chi connectivity index (χ1) is 11.8. The van der Waals surface area contributed by atoms with Crippen LogP contribution in [0.4, 0.5) is 0 Å². The van der Waals surface area contributed by atoms with Gasteiger partial charge >= 0.3 is 0 Å². The van der Waals surface area contributed by atoms with Crippen molar-refractivity contribution in [2.45, 2.75) is 32.7 Å². The van der Waals surface area contributed by atoms with Crippen LogP contribution in [0.3, 0.4) is 0 Å². The van der Waals surface area contributed by atoms with Crippen molar-refractivity contribution in [2.24, 2.45) is 0 Å². The summed E-state index contributed by atoms with van der Waals surface area (Å²) in [5, 5.41) is 0. The van der Waals surface area contributed by atoms with Gasteiger partial charge in [-0.2, -0.15) is 0 Å². The minimum atomic E-state index is 0.600. The first-order valence-corrected chi connectivity index (χ1v) is 9.15. The summed E-state index contributed by atoms with van der Waals surface area (Å²) in [7, 11) is 0. The average Bonchev–Trinajstić information content (AvgIpc) is 2.99. The molecule has 0 radical (unpaired) electrons. The SMILES string of the molecule is CCOCCN1CCN(CCCc2nc3ccccc3o2)C[C@H]1C. The maximum atomic E-state index is 5.80. The average molecular weight is 331 g/mol. The molecular weight excluding hydrogens is 302 g/mol. The second kappa shape index (κ2) is 8.60. The van der Waals surface area contributed by atoms with Crippen LogP contribution in [0, 0.1) is 0 Å². The predicted molar refractivity (Wildman–Crippen MR) is 96.3 cm³/mol. The van der Waals surface area contributed by atoms with Crippen molar-refractivity contribution in [3.05, 3.63) is 30.2 Å². The minimum absolute atomic E-state index is 0.600. The van der Waals surface area contributed by atoms with E-state index in [4.69, 9.17) is 9.15 Å². The van der Waals surface area contributed by atoms with E-state index in [0.717, 1.165) is 75.8 Å². The van der Waals surface area contributed by atoms with Gasteiger partial charge in [0.05, 0.1) is 6.61 Å². The molecule has 2 aromatic rings. The Bertz CT molecular complexity index is 595. The molecule has 0 spiro atoms. The monoisotopic (exact) mass is 331 g/mol. The molecule has 1 aromatic heterocycles. The van der Waals surface area contributed by atoms with E-state index in [2.05, 4.69) is 28.6 Å². The van der Waals surface area contributed by atoms with Gasteiger partial charge in [0.15, 0.2) is 11.5 Å². The Kier molecular flexibility index (Phi) is 6.24. The lowest BCUT2D eigenvalue weighted by molar-refractivity contribution is 0.0489. The van der Waals surface area contributed by atoms with Gasteiger partial charge in [-0.1, -0.05) is 12.1 Å². The van der Waals surface area contributed by atoms with Crippen LogP contribution >= 0.6 is 0 Å². The number of nitrogens with zero attached hydrogens (tertiary/aromatic N) is 3. The summed E-state index contributed by atoms with van der Waals surface area (Å²) in [5.74, 6) is 0.861. The number of fused-ring (bicyclic) bond motifs is 1. The molecule has 2 heterocycles. The lowest BCUT2D eigenvalue weighted by atomic mass is 10.1. The van der Waals surface area contributed by atoms with Crippen molar-refractivity contribution in [2.75, 3.05) is 45.9 Å². The van der Waals surface area contributed by atoms with Crippen molar-refractivity contribution in [1.82, 2.24) is 14.8 Å². The number of benzene rings is 1. The van der Waals surface area contributed by atoms with Crippen LogP contribution in [-0.4, -0.2) is 66.8 Å². The summed E-state index contributed by atoms with van der Waals surface area (Å²) in [6.45, 7) is 11.6. The zero-order valence-electron chi connectivity index (χ0n) is 14.9. The van der Waals surface area contributed by atoms with E-state index in [-0.39, 0.29) is 0 Å². The van der Waals surface area contributed by atoms with Crippen LogP contribution in [0.2, 0.25) is 0 Å². The summed E-state index contributed by atoms with van der Waals surface area (Å²) in [5.41, 5.74) is 1.85. The van der Waals surface area contributed by atoms with Gasteiger partial charge in [-0.05, 0) is 38.9 Å². The molecule has 1 saturated heterocycles. The molecule has 5 heteroatoms. The van der Waals surface area contributed by atoms with Gasteiger partial charge in [-0.3, -0.25) is 4.90 Å². The third-order valence-corrected chi connectivity index (χ3v) is 4.78. The molecule has 0 bridgehead atoms. The lowest BCUT2D eigenvalue weighted by Crippen LogP contribution is -2.52. The predicted octanol–water partition coefficient (Wildman–Crippen LogP) is 2.80. The smallest absolute Gasteiger partial charge is 0.195 e. The quantitative estimate of drug-likeness (QED) is 0.696. The molecule has 24 heavy (non-hydrogen) atoms. The molecule has 1 aromatic carbocycles. The summed E-state index contributed by atoms with van der Waals surface area (Å²) in [6, 6.07) is 8.58. The van der Waals surface area contributed by atoms with Gasteiger partial charge < -0.3 is 14.1 Å². The van der Waals surface area contributed by atoms with E-state index in [1.54, 1.807) is 0 Å². The number of rotatable bonds is 8. The fraction of sp³-hybridized carbons (Fsp3) is 0.632. The van der Waals surface area contributed by atoms with E-state index in [9.17, 15) is 0 Å². The number of aromatic nitrogens is 1. The molecule has 1 aliphatic rings. The van der Waals surface area contributed by atoms with Gasteiger partial charge in [-0.15, -0.1) is 0 Å². The Hall–Kier alpha value is -1.43. The molecule has 0 amide bonds. The molecule has 1 fully saturated rings. The highest BCUT2D eigenvalue weighted by Crippen LogP contribution is 2.16. The standard InChI is InChI=1S/C19H29N3O2/c1-3-23-14-13-22-12-11-21(15-16(22)2)10-6-9-19-20-17-7-4-5-8-18(17)24-19/h4-5,7-8,16H,3,6,9-15H2,1-2H3/t16-/m1/s1. The maximum Gasteiger partial charge on any atom is 0.195 e. The van der Waals surface area contributed by atoms with Crippen molar-refractivity contribution in [3.8, 4) is 0 Å². The Balaban J connectivity index is 1.39. The van der Waals surface area contributed by atoms with E-state index in [1.807, 2.05) is 24.3 Å². The summed E-state index contributed by atoms with van der Waals surface area (Å²) in [4.78, 5) is 9.65. The van der Waals surface area contributed by atoms with Gasteiger partial charge in [0.1, 0.15) is 5.52 Å². The second-order valence-corrected chi connectivity index (χ2v) is 6.56. The highest BCUT2D eigenvalue weighted by molar-refractivity contribution is 5.72. The third kappa shape index (κ3) is 4.56. The number of para-hydroxylation sites is 2. The first kappa shape index (κ1) is 17.4. The van der Waals surface area contributed by atoms with Crippen molar-refractivity contribution < 1.29 is 9.15 Å². The van der Waals surface area contributed by atoms with Gasteiger partial charge in [0.2, 0.25) is 0 Å². The largest absolute Gasteiger partial charge is 0.441 e. The highest BCUT2D eigenvalue weighted by Gasteiger charge is 2.22. The minimum Gasteiger partial charge on any atom is -0.441 e. The van der Waals surface area contributed by atoms with E-state index in [0.29, 0.717) is 6.04 Å². The van der Waals surface area contributed by atoms with Crippen molar-refractivity contribution in [1.29, 1.82) is 0 Å². The molecule has 5 nitrogen and oxygen atoms in total. The third-order valence-electron chi connectivity index (χ3n) is 4.78. The lowest BCUT2D eigenvalue weighted by Gasteiger charge is -2.39. The zero-order chi connectivity index (χ0) is 16.8. The number of aryl methyl sites for hydroxylation is 1. The van der Waals surface area contributed by atoms with Crippen LogP contribution in [0.1, 0.15) is 26.2 Å². The number of ether oxygens (including phenoxy) is 1. The molecule has 0 N–H and O–H groups in total. The fourth-order valence-electron chi connectivity index (χ4n) is 3.41. The summed E-state index contributed by atoms with van der Waals surface area (Å²) >= 11 is 0. The second-order valence-electron chi connectivity index (χ2n) is 6.56. The Morgan fingerprint density at radius 2 is 2.12 bits per heavy atom. The topological polar surface area (TPSA) is 41.7 Å². The Labute approximate surface area is 144 Å². The molecule has 0 saturated carbocycles. The van der Waals surface area contributed by atoms with E-state index in [1.165, 1.54) is 0 Å². The normalized spacial score (nSPS) is 20.0. The molecule has 132 valence electrons. The van der Waals surface area contributed by atoms with E-state index < -0.39 is 0 Å². The zero-order valence-corrected chi connectivity index (χ0v) is 14.9. The van der Waals surface area contributed by atoms with E-state index >= 15 is 0 Å². The summed E-state index contributed by atoms with van der Waals surface area (Å²) < 4.78 is 11.3. The maximum absolute atomic E-state index is 5.80. The van der Waals surface area contributed by atoms with Gasteiger partial charge in [-0.25, -0.2) is 4.98 Å². The Morgan fingerprint density at radius 1 is 1.25 bits per heavy atom. The van der Waals surface area contributed by atoms with Gasteiger partial charge in [0, 0.05) is 45.2 Å². The molecule has 1 atom stereocenters. The molecule has 0 unspecified atom stereocenters. The highest BCUT2D eigenvalue weighted by atomic mass is 16.5. The fourth-order valence-corrected chi connectivity index (χ4v) is 3.41. The molecule has 1 aliphatic heterocycles. The molecule has 0 aliphatic carbocycles.